The van der Waals surface area contributed by atoms with E-state index in [0.29, 0.717) is 0 Å². The van der Waals surface area contributed by atoms with E-state index < -0.39 is 0 Å². The van der Waals surface area contributed by atoms with Crippen LogP contribution in [-0.4, -0.2) is 47.7 Å². The average molecular weight is 356 g/mol. The highest BCUT2D eigenvalue weighted by Gasteiger charge is 2.26. The number of rotatable bonds is 4. The Morgan fingerprint density at radius 2 is 2.07 bits per heavy atom. The summed E-state index contributed by atoms with van der Waals surface area (Å²) in [4.78, 5) is 18.4. The number of aromatic amines is 1. The molecule has 1 N–H and O–H groups in total. The van der Waals surface area contributed by atoms with Crippen molar-refractivity contribution in [3.8, 4) is 23.0 Å². The molecule has 0 aromatic carbocycles. The van der Waals surface area contributed by atoms with Crippen LogP contribution < -0.4 is 0 Å². The number of imidazole rings is 1. The largest absolute Gasteiger partial charge is 0.329 e. The number of nitrogens with one attached hydrogen (secondary N) is 1. The summed E-state index contributed by atoms with van der Waals surface area (Å²) in [7, 11) is 0. The Kier molecular flexibility index (Phi) is 3.66. The molecule has 0 bridgehead atoms. The molecule has 4 aromatic heterocycles. The third-order valence-electron chi connectivity index (χ3n) is 4.80. The Labute approximate surface area is 155 Å². The molecule has 132 valence electrons. The molecule has 0 unspecified atom stereocenters. The molecule has 5 rings (SSSR count). The Morgan fingerprint density at radius 1 is 1.15 bits per heavy atom. The first-order valence-electron chi connectivity index (χ1n) is 8.70. The maximum Gasteiger partial charge on any atom is 0.157 e. The fourth-order valence-electron chi connectivity index (χ4n) is 3.35. The maximum atomic E-state index is 8.85. The lowest BCUT2D eigenvalue weighted by atomic mass is 10.0. The molecule has 0 aliphatic carbocycles. The molecule has 0 atom stereocenters. The van der Waals surface area contributed by atoms with Gasteiger partial charge in [-0.25, -0.2) is 19.6 Å². The fourth-order valence-corrected chi connectivity index (χ4v) is 3.35. The van der Waals surface area contributed by atoms with Crippen molar-refractivity contribution in [3.63, 3.8) is 0 Å². The Bertz CT molecular complexity index is 1130. The van der Waals surface area contributed by atoms with Gasteiger partial charge in [0.2, 0.25) is 0 Å². The van der Waals surface area contributed by atoms with E-state index in [1.807, 2.05) is 24.5 Å². The lowest BCUT2D eigenvalue weighted by molar-refractivity contribution is 0.126. The number of likely N-dealkylation sites (tertiary alicyclic amines) is 1. The molecule has 0 saturated carbocycles. The zero-order valence-corrected chi connectivity index (χ0v) is 14.4. The zero-order valence-electron chi connectivity index (χ0n) is 14.4. The van der Waals surface area contributed by atoms with E-state index in [0.717, 1.165) is 53.3 Å². The molecule has 1 aliphatic rings. The van der Waals surface area contributed by atoms with E-state index in [2.05, 4.69) is 42.1 Å². The highest BCUT2D eigenvalue weighted by Crippen LogP contribution is 2.25. The quantitative estimate of drug-likeness (QED) is 0.601. The van der Waals surface area contributed by atoms with Crippen molar-refractivity contribution in [2.24, 2.45) is 5.92 Å². The van der Waals surface area contributed by atoms with Crippen molar-refractivity contribution in [3.05, 3.63) is 54.9 Å². The smallest absolute Gasteiger partial charge is 0.157 e. The molecule has 4 aromatic rings. The van der Waals surface area contributed by atoms with Crippen LogP contribution in [0.3, 0.4) is 0 Å². The van der Waals surface area contributed by atoms with Crippen molar-refractivity contribution in [2.75, 3.05) is 13.1 Å². The summed E-state index contributed by atoms with van der Waals surface area (Å²) in [6.45, 7) is 2.51. The molecule has 27 heavy (non-hydrogen) atoms. The van der Waals surface area contributed by atoms with Crippen LogP contribution in [0.2, 0.25) is 0 Å². The summed E-state index contributed by atoms with van der Waals surface area (Å²) in [5.74, 6) is 0.935. The average Bonchev–Trinajstić information content (AvgIpc) is 3.34. The third kappa shape index (κ3) is 2.84. The zero-order chi connectivity index (χ0) is 18.2. The van der Waals surface area contributed by atoms with Gasteiger partial charge in [-0.15, -0.1) is 0 Å². The lowest BCUT2D eigenvalue weighted by Gasteiger charge is -2.35. The van der Waals surface area contributed by atoms with Crippen molar-refractivity contribution in [2.45, 2.75) is 6.54 Å². The van der Waals surface area contributed by atoms with Crippen LogP contribution >= 0.6 is 0 Å². The lowest BCUT2D eigenvalue weighted by Crippen LogP contribution is -2.45. The standard InChI is InChI=1S/C19H16N8/c20-5-14-9-26(10-14)8-13-1-2-17(22-6-13)27-11-15(7-25-27)16-3-4-21-19-18(16)23-12-24-19/h1-4,6-7,11-12,14H,8-10H2,(H,21,23,24). The summed E-state index contributed by atoms with van der Waals surface area (Å²) < 4.78 is 1.76. The highest BCUT2D eigenvalue weighted by molar-refractivity contribution is 5.88. The Balaban J connectivity index is 1.35. The van der Waals surface area contributed by atoms with Crippen LogP contribution in [0, 0.1) is 17.2 Å². The van der Waals surface area contributed by atoms with Gasteiger partial charge in [0.05, 0.1) is 24.5 Å². The van der Waals surface area contributed by atoms with E-state index in [4.69, 9.17) is 5.26 Å². The topological polar surface area (TPSA) is 99.3 Å². The number of H-pyrrole nitrogens is 1. The predicted octanol–water partition coefficient (Wildman–Crippen LogP) is 2.16. The fraction of sp³-hybridized carbons (Fsp3) is 0.211. The van der Waals surface area contributed by atoms with E-state index in [9.17, 15) is 0 Å². The number of fused-ring (bicyclic) bond motifs is 1. The molecular formula is C19H16N8. The molecule has 8 heteroatoms. The molecule has 0 amide bonds. The van der Waals surface area contributed by atoms with Crippen LogP contribution in [0.1, 0.15) is 5.56 Å². The second kappa shape index (κ2) is 6.30. The number of hydrogen-bond acceptors (Lipinski definition) is 6. The van der Waals surface area contributed by atoms with Crippen LogP contribution in [0.25, 0.3) is 28.1 Å². The highest BCUT2D eigenvalue weighted by atomic mass is 15.3. The second-order valence-electron chi connectivity index (χ2n) is 6.68. The van der Waals surface area contributed by atoms with E-state index in [1.165, 1.54) is 0 Å². The summed E-state index contributed by atoms with van der Waals surface area (Å²) >= 11 is 0. The van der Waals surface area contributed by atoms with E-state index in [-0.39, 0.29) is 5.92 Å². The van der Waals surface area contributed by atoms with Crippen LogP contribution in [0.5, 0.6) is 0 Å². The van der Waals surface area contributed by atoms with Gasteiger partial charge in [-0.1, -0.05) is 6.07 Å². The number of aromatic nitrogens is 6. The van der Waals surface area contributed by atoms with Gasteiger partial charge < -0.3 is 4.98 Å². The first-order chi connectivity index (χ1) is 13.3. The number of nitriles is 1. The van der Waals surface area contributed by atoms with Crippen molar-refractivity contribution < 1.29 is 0 Å². The number of pyridine rings is 2. The number of hydrogen-bond donors (Lipinski definition) is 1. The summed E-state index contributed by atoms with van der Waals surface area (Å²) in [6.07, 6.45) is 9.02. The molecule has 0 radical (unpaired) electrons. The summed E-state index contributed by atoms with van der Waals surface area (Å²) in [6, 6.07) is 8.25. The maximum absolute atomic E-state index is 8.85. The van der Waals surface area contributed by atoms with Gasteiger partial charge in [0, 0.05) is 49.4 Å². The first kappa shape index (κ1) is 15.7. The molecule has 1 aliphatic heterocycles. The second-order valence-corrected chi connectivity index (χ2v) is 6.68. The van der Waals surface area contributed by atoms with Gasteiger partial charge in [-0.05, 0) is 17.7 Å². The third-order valence-corrected chi connectivity index (χ3v) is 4.80. The van der Waals surface area contributed by atoms with Gasteiger partial charge >= 0.3 is 0 Å². The van der Waals surface area contributed by atoms with Crippen molar-refractivity contribution >= 4 is 11.2 Å². The Morgan fingerprint density at radius 3 is 2.89 bits per heavy atom. The molecule has 8 nitrogen and oxygen atoms in total. The van der Waals surface area contributed by atoms with Gasteiger partial charge in [0.15, 0.2) is 11.5 Å². The monoisotopic (exact) mass is 356 g/mol. The minimum atomic E-state index is 0.175. The molecule has 0 spiro atoms. The van der Waals surface area contributed by atoms with E-state index >= 15 is 0 Å². The van der Waals surface area contributed by atoms with Crippen LogP contribution in [0.4, 0.5) is 0 Å². The van der Waals surface area contributed by atoms with Gasteiger partial charge in [0.25, 0.3) is 0 Å². The van der Waals surface area contributed by atoms with Gasteiger partial charge in [-0.2, -0.15) is 10.4 Å². The minimum Gasteiger partial charge on any atom is -0.329 e. The molecule has 1 saturated heterocycles. The first-order valence-corrected chi connectivity index (χ1v) is 8.70. The predicted molar refractivity (Wildman–Crippen MR) is 98.6 cm³/mol. The SMILES string of the molecule is N#CC1CN(Cc2ccc(-n3cc(-c4ccnc5[nH]cnc45)cn3)nc2)C1. The normalized spacial score (nSPS) is 14.9. The summed E-state index contributed by atoms with van der Waals surface area (Å²) in [5, 5.41) is 13.3. The Hall–Kier alpha value is -3.57. The minimum absolute atomic E-state index is 0.175. The van der Waals surface area contributed by atoms with Crippen LogP contribution in [-0.2, 0) is 6.54 Å². The van der Waals surface area contributed by atoms with Crippen molar-refractivity contribution in [1.82, 2.24) is 34.6 Å². The molecule has 1 fully saturated rings. The molecule has 5 heterocycles. The van der Waals surface area contributed by atoms with Crippen LogP contribution in [0.15, 0.2) is 49.3 Å². The number of nitrogens with zero attached hydrogens (tertiary/aromatic N) is 7. The van der Waals surface area contributed by atoms with E-state index in [1.54, 1.807) is 23.4 Å². The van der Waals surface area contributed by atoms with Crippen molar-refractivity contribution in [1.29, 1.82) is 5.26 Å². The van der Waals surface area contributed by atoms with Gasteiger partial charge in [0.1, 0.15) is 5.52 Å². The van der Waals surface area contributed by atoms with Gasteiger partial charge in [-0.3, -0.25) is 4.90 Å². The molecular weight excluding hydrogens is 340 g/mol. The summed E-state index contributed by atoms with van der Waals surface area (Å²) in [5.41, 5.74) is 4.66.